The summed E-state index contributed by atoms with van der Waals surface area (Å²) in [5, 5.41) is 4.25. The van der Waals surface area contributed by atoms with E-state index in [0.717, 1.165) is 18.2 Å². The summed E-state index contributed by atoms with van der Waals surface area (Å²) in [6.45, 7) is 0. The van der Waals surface area contributed by atoms with Crippen LogP contribution in [0.25, 0.3) is 16.9 Å². The van der Waals surface area contributed by atoms with Crippen molar-refractivity contribution in [2.24, 2.45) is 0 Å². The monoisotopic (exact) mass is 362 g/mol. The molecular formula is C16H9BrF2N2O. The molecule has 0 spiro atoms. The van der Waals surface area contributed by atoms with E-state index in [1.165, 1.54) is 4.68 Å². The number of benzene rings is 2. The van der Waals surface area contributed by atoms with Crippen LogP contribution >= 0.6 is 15.9 Å². The van der Waals surface area contributed by atoms with Gasteiger partial charge in [-0.1, -0.05) is 30.3 Å². The van der Waals surface area contributed by atoms with Crippen molar-refractivity contribution in [2.45, 2.75) is 0 Å². The van der Waals surface area contributed by atoms with Crippen molar-refractivity contribution in [1.82, 2.24) is 9.78 Å². The Kier molecular flexibility index (Phi) is 3.85. The summed E-state index contributed by atoms with van der Waals surface area (Å²) in [6, 6.07) is 12.1. The number of nitrogens with zero attached hydrogens (tertiary/aromatic N) is 2. The molecule has 3 nitrogen and oxygen atoms in total. The molecule has 1 heterocycles. The van der Waals surface area contributed by atoms with Crippen LogP contribution in [-0.2, 0) is 0 Å². The Balaban J connectivity index is 2.25. The third kappa shape index (κ3) is 2.46. The molecule has 2 aromatic carbocycles. The topological polar surface area (TPSA) is 34.9 Å². The minimum atomic E-state index is -0.637. The van der Waals surface area contributed by atoms with Crippen LogP contribution in [0.5, 0.6) is 0 Å². The van der Waals surface area contributed by atoms with Gasteiger partial charge in [-0.15, -0.1) is 0 Å². The lowest BCUT2D eigenvalue weighted by Gasteiger charge is -2.04. The van der Waals surface area contributed by atoms with Gasteiger partial charge < -0.3 is 0 Å². The van der Waals surface area contributed by atoms with E-state index in [4.69, 9.17) is 0 Å². The van der Waals surface area contributed by atoms with Gasteiger partial charge in [0.15, 0.2) is 6.29 Å². The maximum Gasteiger partial charge on any atom is 0.155 e. The first-order chi connectivity index (χ1) is 10.6. The lowest BCUT2D eigenvalue weighted by atomic mass is 10.1. The Bertz CT molecular complexity index is 847. The molecule has 0 amide bonds. The van der Waals surface area contributed by atoms with Crippen molar-refractivity contribution in [3.8, 4) is 16.9 Å². The SMILES string of the molecule is O=Cc1c(-c2ccccc2)nn(-c2cc(F)ccc2F)c1Br. The first-order valence-electron chi connectivity index (χ1n) is 6.36. The first-order valence-corrected chi connectivity index (χ1v) is 7.15. The molecule has 0 unspecified atom stereocenters. The van der Waals surface area contributed by atoms with Crippen LogP contribution in [0, 0.1) is 11.6 Å². The van der Waals surface area contributed by atoms with Gasteiger partial charge in [0.1, 0.15) is 27.6 Å². The molecule has 0 saturated carbocycles. The average Bonchev–Trinajstić information content (AvgIpc) is 2.87. The van der Waals surface area contributed by atoms with Gasteiger partial charge in [0, 0.05) is 11.6 Å². The Morgan fingerprint density at radius 2 is 1.82 bits per heavy atom. The normalized spacial score (nSPS) is 10.7. The van der Waals surface area contributed by atoms with Crippen molar-refractivity contribution in [1.29, 1.82) is 0 Å². The third-order valence-electron chi connectivity index (χ3n) is 3.16. The van der Waals surface area contributed by atoms with Gasteiger partial charge in [-0.3, -0.25) is 4.79 Å². The van der Waals surface area contributed by atoms with E-state index < -0.39 is 11.6 Å². The number of hydrogen-bond donors (Lipinski definition) is 0. The smallest absolute Gasteiger partial charge is 0.155 e. The fraction of sp³-hybridized carbons (Fsp3) is 0. The molecule has 1 aromatic heterocycles. The Hall–Kier alpha value is -2.34. The summed E-state index contributed by atoms with van der Waals surface area (Å²) in [6.07, 6.45) is 0.632. The Morgan fingerprint density at radius 1 is 1.09 bits per heavy atom. The van der Waals surface area contributed by atoms with Crippen molar-refractivity contribution >= 4 is 22.2 Å². The van der Waals surface area contributed by atoms with Crippen LogP contribution in [0.15, 0.2) is 53.1 Å². The average molecular weight is 363 g/mol. The van der Waals surface area contributed by atoms with Gasteiger partial charge in [-0.25, -0.2) is 13.5 Å². The second-order valence-electron chi connectivity index (χ2n) is 4.54. The molecule has 22 heavy (non-hydrogen) atoms. The molecule has 0 aliphatic carbocycles. The number of halogens is 3. The predicted octanol–water partition coefficient (Wildman–Crippen LogP) is 4.39. The first kappa shape index (κ1) is 14.6. The minimum absolute atomic E-state index is 0.0721. The van der Waals surface area contributed by atoms with Gasteiger partial charge in [0.2, 0.25) is 0 Å². The molecule has 0 atom stereocenters. The fourth-order valence-electron chi connectivity index (χ4n) is 2.13. The number of aromatic nitrogens is 2. The van der Waals surface area contributed by atoms with Crippen molar-refractivity contribution in [3.63, 3.8) is 0 Å². The van der Waals surface area contributed by atoms with Crippen LogP contribution in [0.1, 0.15) is 10.4 Å². The summed E-state index contributed by atoms with van der Waals surface area (Å²) in [4.78, 5) is 11.4. The maximum absolute atomic E-state index is 13.9. The number of carbonyl (C=O) groups is 1. The van der Waals surface area contributed by atoms with E-state index in [0.29, 0.717) is 17.5 Å². The van der Waals surface area contributed by atoms with E-state index in [2.05, 4.69) is 21.0 Å². The van der Waals surface area contributed by atoms with Crippen molar-refractivity contribution in [3.05, 3.63) is 70.3 Å². The fourth-order valence-corrected chi connectivity index (χ4v) is 2.68. The highest BCUT2D eigenvalue weighted by Crippen LogP contribution is 2.30. The molecule has 0 aliphatic rings. The minimum Gasteiger partial charge on any atom is -0.298 e. The molecule has 0 saturated heterocycles. The zero-order chi connectivity index (χ0) is 15.7. The van der Waals surface area contributed by atoms with Crippen molar-refractivity contribution in [2.75, 3.05) is 0 Å². The van der Waals surface area contributed by atoms with Crippen LogP contribution in [-0.4, -0.2) is 16.1 Å². The summed E-state index contributed by atoms with van der Waals surface area (Å²) in [5.41, 5.74) is 1.30. The Morgan fingerprint density at radius 3 is 2.50 bits per heavy atom. The van der Waals surface area contributed by atoms with E-state index in [9.17, 15) is 13.6 Å². The van der Waals surface area contributed by atoms with Crippen LogP contribution in [0.3, 0.4) is 0 Å². The molecule has 0 fully saturated rings. The van der Waals surface area contributed by atoms with Crippen LogP contribution in [0.4, 0.5) is 8.78 Å². The van der Waals surface area contributed by atoms with E-state index in [-0.39, 0.29) is 15.9 Å². The standard InChI is InChI=1S/C16H9BrF2N2O/c17-16-12(9-22)15(10-4-2-1-3-5-10)20-21(16)14-8-11(18)6-7-13(14)19/h1-9H. The van der Waals surface area contributed by atoms with Gasteiger partial charge in [0.05, 0.1) is 5.56 Å². The quantitative estimate of drug-likeness (QED) is 0.647. The number of hydrogen-bond acceptors (Lipinski definition) is 2. The highest BCUT2D eigenvalue weighted by molar-refractivity contribution is 9.10. The molecule has 3 aromatic rings. The lowest BCUT2D eigenvalue weighted by molar-refractivity contribution is 0.112. The summed E-state index contributed by atoms with van der Waals surface area (Å²) < 4.78 is 28.8. The highest BCUT2D eigenvalue weighted by atomic mass is 79.9. The summed E-state index contributed by atoms with van der Waals surface area (Å²) in [7, 11) is 0. The number of aldehydes is 1. The summed E-state index contributed by atoms with van der Waals surface area (Å²) >= 11 is 3.24. The summed E-state index contributed by atoms with van der Waals surface area (Å²) in [5.74, 6) is -1.23. The van der Waals surface area contributed by atoms with E-state index >= 15 is 0 Å². The van der Waals surface area contributed by atoms with Gasteiger partial charge in [-0.05, 0) is 28.1 Å². The number of carbonyl (C=O) groups excluding carboxylic acids is 1. The number of rotatable bonds is 3. The molecule has 0 radical (unpaired) electrons. The molecule has 0 aliphatic heterocycles. The highest BCUT2D eigenvalue weighted by Gasteiger charge is 2.20. The second kappa shape index (κ2) is 5.81. The predicted molar refractivity (Wildman–Crippen MR) is 82.0 cm³/mol. The molecule has 110 valence electrons. The van der Waals surface area contributed by atoms with E-state index in [1.807, 2.05) is 6.07 Å². The zero-order valence-corrected chi connectivity index (χ0v) is 12.7. The molecule has 3 rings (SSSR count). The maximum atomic E-state index is 13.9. The molecule has 0 bridgehead atoms. The second-order valence-corrected chi connectivity index (χ2v) is 5.30. The third-order valence-corrected chi connectivity index (χ3v) is 3.93. The van der Waals surface area contributed by atoms with Crippen LogP contribution in [0.2, 0.25) is 0 Å². The van der Waals surface area contributed by atoms with E-state index in [1.54, 1.807) is 24.3 Å². The van der Waals surface area contributed by atoms with Gasteiger partial charge in [-0.2, -0.15) is 5.10 Å². The zero-order valence-electron chi connectivity index (χ0n) is 11.1. The largest absolute Gasteiger partial charge is 0.298 e. The van der Waals surface area contributed by atoms with Gasteiger partial charge in [0.25, 0.3) is 0 Å². The molecular weight excluding hydrogens is 354 g/mol. The lowest BCUT2D eigenvalue weighted by Crippen LogP contribution is -2.01. The molecule has 6 heteroatoms. The van der Waals surface area contributed by atoms with Gasteiger partial charge >= 0.3 is 0 Å². The molecule has 0 N–H and O–H groups in total. The van der Waals surface area contributed by atoms with Crippen molar-refractivity contribution < 1.29 is 13.6 Å². The Labute approximate surface area is 133 Å². The van der Waals surface area contributed by atoms with Crippen LogP contribution < -0.4 is 0 Å².